The van der Waals surface area contributed by atoms with Crippen molar-refractivity contribution in [2.45, 2.75) is 56.5 Å². The van der Waals surface area contributed by atoms with Crippen molar-refractivity contribution < 1.29 is 14.4 Å². The van der Waals surface area contributed by atoms with Crippen LogP contribution in [-0.4, -0.2) is 45.2 Å². The van der Waals surface area contributed by atoms with E-state index in [2.05, 4.69) is 22.1 Å². The molecule has 2 saturated heterocycles. The van der Waals surface area contributed by atoms with E-state index in [9.17, 15) is 4.79 Å². The Morgan fingerprint density at radius 3 is 2.74 bits per heavy atom. The van der Waals surface area contributed by atoms with Crippen molar-refractivity contribution in [1.29, 1.82) is 0 Å². The number of carboxylic acids is 1. The topological polar surface area (TPSA) is 79.5 Å². The van der Waals surface area contributed by atoms with Crippen LogP contribution in [0.4, 0.5) is 0 Å². The van der Waals surface area contributed by atoms with Crippen molar-refractivity contribution in [3.05, 3.63) is 11.7 Å². The molecule has 0 aromatic carbocycles. The first-order chi connectivity index (χ1) is 9.13. The van der Waals surface area contributed by atoms with E-state index in [0.29, 0.717) is 30.3 Å². The molecule has 2 unspecified atom stereocenters. The Bertz CT molecular complexity index is 459. The van der Waals surface area contributed by atoms with E-state index in [1.165, 1.54) is 12.8 Å². The Kier molecular flexibility index (Phi) is 3.26. The molecule has 19 heavy (non-hydrogen) atoms. The van der Waals surface area contributed by atoms with Crippen molar-refractivity contribution >= 4 is 5.97 Å². The van der Waals surface area contributed by atoms with Gasteiger partial charge in [-0.25, -0.2) is 0 Å². The number of carboxylic acid groups (broad SMARTS) is 1. The van der Waals surface area contributed by atoms with E-state index in [-0.39, 0.29) is 6.42 Å². The van der Waals surface area contributed by atoms with Gasteiger partial charge in [0.05, 0.1) is 6.42 Å². The number of aromatic nitrogens is 2. The van der Waals surface area contributed by atoms with Gasteiger partial charge >= 0.3 is 5.97 Å². The summed E-state index contributed by atoms with van der Waals surface area (Å²) in [5.41, 5.74) is 0. The first kappa shape index (κ1) is 12.6. The first-order valence-corrected chi connectivity index (χ1v) is 6.89. The second-order valence-electron chi connectivity index (χ2n) is 5.66. The molecular formula is C13H19N3O3. The van der Waals surface area contributed by atoms with Crippen LogP contribution in [-0.2, 0) is 11.2 Å². The molecule has 6 nitrogen and oxygen atoms in total. The standard InChI is InChI=1S/C13H19N3O3/c1-16-9-2-3-10(16)7-8(6-9)13-14-11(19-15-13)4-5-12(17)18/h8-10H,2-7H2,1H3,(H,17,18). The number of nitrogens with zero attached hydrogens (tertiary/aromatic N) is 3. The molecule has 1 aromatic rings. The summed E-state index contributed by atoms with van der Waals surface area (Å²) in [4.78, 5) is 17.4. The second-order valence-corrected chi connectivity index (χ2v) is 5.66. The Hall–Kier alpha value is -1.43. The molecule has 0 radical (unpaired) electrons. The number of hydrogen-bond acceptors (Lipinski definition) is 5. The maximum Gasteiger partial charge on any atom is 0.303 e. The predicted octanol–water partition coefficient (Wildman–Crippen LogP) is 1.43. The summed E-state index contributed by atoms with van der Waals surface area (Å²) in [6, 6.07) is 1.29. The highest BCUT2D eigenvalue weighted by atomic mass is 16.5. The van der Waals surface area contributed by atoms with Crippen molar-refractivity contribution in [2.75, 3.05) is 7.05 Å². The molecule has 0 spiro atoms. The van der Waals surface area contributed by atoms with E-state index < -0.39 is 5.97 Å². The minimum Gasteiger partial charge on any atom is -0.481 e. The lowest BCUT2D eigenvalue weighted by Crippen LogP contribution is -2.39. The third-order valence-electron chi connectivity index (χ3n) is 4.50. The summed E-state index contributed by atoms with van der Waals surface area (Å²) in [7, 11) is 2.20. The fourth-order valence-electron chi connectivity index (χ4n) is 3.37. The van der Waals surface area contributed by atoms with Gasteiger partial charge in [0.2, 0.25) is 5.89 Å². The molecule has 2 aliphatic rings. The lowest BCUT2D eigenvalue weighted by molar-refractivity contribution is -0.137. The highest BCUT2D eigenvalue weighted by Crippen LogP contribution is 2.41. The van der Waals surface area contributed by atoms with Crippen LogP contribution in [0.15, 0.2) is 4.52 Å². The highest BCUT2D eigenvalue weighted by Gasteiger charge is 2.40. The second kappa shape index (κ2) is 4.92. The molecule has 2 bridgehead atoms. The third kappa shape index (κ3) is 2.49. The van der Waals surface area contributed by atoms with Gasteiger partial charge in [-0.15, -0.1) is 0 Å². The Morgan fingerprint density at radius 1 is 1.42 bits per heavy atom. The normalized spacial score (nSPS) is 30.7. The van der Waals surface area contributed by atoms with E-state index in [4.69, 9.17) is 9.63 Å². The summed E-state index contributed by atoms with van der Waals surface area (Å²) < 4.78 is 5.15. The number of aryl methyl sites for hydroxylation is 1. The van der Waals surface area contributed by atoms with Crippen LogP contribution in [0.1, 0.15) is 49.7 Å². The molecular weight excluding hydrogens is 246 g/mol. The molecule has 1 N–H and O–H groups in total. The molecule has 3 rings (SSSR count). The zero-order valence-electron chi connectivity index (χ0n) is 11.1. The first-order valence-electron chi connectivity index (χ1n) is 6.89. The lowest BCUT2D eigenvalue weighted by Gasteiger charge is -2.34. The number of fused-ring (bicyclic) bond motifs is 2. The number of piperidine rings is 1. The maximum atomic E-state index is 10.5. The quantitative estimate of drug-likeness (QED) is 0.887. The van der Waals surface area contributed by atoms with Gasteiger partial charge in [-0.2, -0.15) is 4.98 Å². The largest absolute Gasteiger partial charge is 0.481 e. The van der Waals surface area contributed by atoms with Crippen LogP contribution in [0.2, 0.25) is 0 Å². The van der Waals surface area contributed by atoms with Gasteiger partial charge in [-0.05, 0) is 32.7 Å². The van der Waals surface area contributed by atoms with Crippen LogP contribution in [0, 0.1) is 0 Å². The van der Waals surface area contributed by atoms with Gasteiger partial charge in [0.1, 0.15) is 0 Å². The Morgan fingerprint density at radius 2 is 2.11 bits per heavy atom. The minimum absolute atomic E-state index is 0.0420. The molecule has 104 valence electrons. The smallest absolute Gasteiger partial charge is 0.303 e. The third-order valence-corrected chi connectivity index (χ3v) is 4.50. The van der Waals surface area contributed by atoms with Gasteiger partial charge in [-0.1, -0.05) is 5.16 Å². The van der Waals surface area contributed by atoms with E-state index >= 15 is 0 Å². The van der Waals surface area contributed by atoms with Crippen LogP contribution >= 0.6 is 0 Å². The molecule has 0 aliphatic carbocycles. The van der Waals surface area contributed by atoms with Gasteiger partial charge in [0.25, 0.3) is 0 Å². The van der Waals surface area contributed by atoms with Crippen LogP contribution in [0.25, 0.3) is 0 Å². The summed E-state index contributed by atoms with van der Waals surface area (Å²) in [5.74, 6) is 0.752. The number of hydrogen-bond donors (Lipinski definition) is 1. The van der Waals surface area contributed by atoms with Crippen molar-refractivity contribution in [3.63, 3.8) is 0 Å². The molecule has 2 aliphatic heterocycles. The van der Waals surface area contributed by atoms with E-state index in [0.717, 1.165) is 18.7 Å². The van der Waals surface area contributed by atoms with Gasteiger partial charge in [0, 0.05) is 24.4 Å². The van der Waals surface area contributed by atoms with Crippen molar-refractivity contribution in [3.8, 4) is 0 Å². The molecule has 3 heterocycles. The van der Waals surface area contributed by atoms with E-state index in [1.807, 2.05) is 0 Å². The number of carbonyl (C=O) groups is 1. The zero-order chi connectivity index (χ0) is 13.4. The average molecular weight is 265 g/mol. The fourth-order valence-corrected chi connectivity index (χ4v) is 3.37. The van der Waals surface area contributed by atoms with Crippen molar-refractivity contribution in [2.24, 2.45) is 0 Å². The molecule has 2 fully saturated rings. The van der Waals surface area contributed by atoms with Gasteiger partial charge in [-0.3, -0.25) is 4.79 Å². The zero-order valence-corrected chi connectivity index (χ0v) is 11.1. The minimum atomic E-state index is -0.836. The fraction of sp³-hybridized carbons (Fsp3) is 0.769. The van der Waals surface area contributed by atoms with Crippen LogP contribution in [0.5, 0.6) is 0 Å². The lowest BCUT2D eigenvalue weighted by atomic mass is 9.90. The number of aliphatic carboxylic acids is 1. The molecule has 2 atom stereocenters. The summed E-state index contributed by atoms with van der Waals surface area (Å²) in [5, 5.41) is 12.7. The molecule has 0 amide bonds. The maximum absolute atomic E-state index is 10.5. The summed E-state index contributed by atoms with van der Waals surface area (Å²) in [6.07, 6.45) is 5.07. The van der Waals surface area contributed by atoms with Gasteiger partial charge < -0.3 is 14.5 Å². The average Bonchev–Trinajstić information content (AvgIpc) is 2.90. The predicted molar refractivity (Wildman–Crippen MR) is 66.8 cm³/mol. The molecule has 0 saturated carbocycles. The van der Waals surface area contributed by atoms with Gasteiger partial charge in [0.15, 0.2) is 5.82 Å². The van der Waals surface area contributed by atoms with E-state index in [1.54, 1.807) is 0 Å². The van der Waals surface area contributed by atoms with Crippen LogP contribution in [0.3, 0.4) is 0 Å². The Labute approximate surface area is 111 Å². The highest BCUT2D eigenvalue weighted by molar-refractivity contribution is 5.66. The SMILES string of the molecule is CN1C2CCC1CC(c1noc(CCC(=O)O)n1)C2. The summed E-state index contributed by atoms with van der Waals surface area (Å²) >= 11 is 0. The van der Waals surface area contributed by atoms with Crippen LogP contribution < -0.4 is 0 Å². The monoisotopic (exact) mass is 265 g/mol. The summed E-state index contributed by atoms with van der Waals surface area (Å²) in [6.45, 7) is 0. The van der Waals surface area contributed by atoms with Crippen molar-refractivity contribution in [1.82, 2.24) is 15.0 Å². The molecule has 1 aromatic heterocycles. The number of rotatable bonds is 4. The molecule has 6 heteroatoms. The Balaban J connectivity index is 1.65.